The lowest BCUT2D eigenvalue weighted by molar-refractivity contribution is 0.576. The van der Waals surface area contributed by atoms with E-state index in [9.17, 15) is 8.42 Å². The highest BCUT2D eigenvalue weighted by Gasteiger charge is 2.13. The molecular weight excluding hydrogens is 272 g/mol. The van der Waals surface area contributed by atoms with Crippen molar-refractivity contribution in [3.63, 3.8) is 0 Å². The number of rotatable bonds is 8. The predicted octanol–water partition coefficient (Wildman–Crippen LogP) is 1.95. The van der Waals surface area contributed by atoms with Crippen LogP contribution in [0.4, 0.5) is 0 Å². The minimum absolute atomic E-state index is 0.0414. The molecule has 0 aliphatic heterocycles. The summed E-state index contributed by atoms with van der Waals surface area (Å²) < 4.78 is 26.0. The average Bonchev–Trinajstić information content (AvgIpc) is 2.36. The van der Waals surface area contributed by atoms with Crippen LogP contribution in [0, 0.1) is 0 Å². The van der Waals surface area contributed by atoms with Crippen molar-refractivity contribution >= 4 is 21.6 Å². The van der Waals surface area contributed by atoms with Crippen LogP contribution in [0.5, 0.6) is 0 Å². The number of aryl methyl sites for hydroxylation is 1. The number of hydrogen-bond acceptors (Lipinski definition) is 3. The van der Waals surface area contributed by atoms with Crippen molar-refractivity contribution in [2.24, 2.45) is 0 Å². The van der Waals surface area contributed by atoms with Crippen molar-refractivity contribution in [1.29, 1.82) is 0 Å². The molecule has 0 fully saturated rings. The fourth-order valence-electron chi connectivity index (χ4n) is 1.49. The van der Waals surface area contributed by atoms with E-state index in [0.717, 1.165) is 18.5 Å². The van der Waals surface area contributed by atoms with Gasteiger partial charge < -0.3 is 0 Å². The number of sulfonamides is 1. The van der Waals surface area contributed by atoms with E-state index in [0.29, 0.717) is 13.0 Å². The van der Waals surface area contributed by atoms with E-state index in [1.165, 1.54) is 0 Å². The average molecular weight is 291 g/mol. The van der Waals surface area contributed by atoms with Gasteiger partial charge in [-0.05, 0) is 18.6 Å². The molecule has 0 amide bonds. The smallest absolute Gasteiger partial charge is 0.212 e. The third-order valence-electron chi connectivity index (χ3n) is 2.48. The number of alkyl halides is 1. The summed E-state index contributed by atoms with van der Waals surface area (Å²) in [5, 5.41) is -0.139. The molecule has 6 heteroatoms. The lowest BCUT2D eigenvalue weighted by Crippen LogP contribution is -2.32. The van der Waals surface area contributed by atoms with Gasteiger partial charge in [-0.2, -0.15) is 0 Å². The second-order valence-electron chi connectivity index (χ2n) is 4.12. The van der Waals surface area contributed by atoms with Crippen LogP contribution in [0.1, 0.15) is 25.5 Å². The number of nitrogens with one attached hydrogen (secondary N) is 1. The second-order valence-corrected chi connectivity index (χ2v) is 6.67. The van der Waals surface area contributed by atoms with Crippen LogP contribution in [0.15, 0.2) is 24.4 Å². The molecule has 0 saturated heterocycles. The topological polar surface area (TPSA) is 59.1 Å². The molecule has 1 unspecified atom stereocenters. The van der Waals surface area contributed by atoms with Crippen LogP contribution < -0.4 is 4.72 Å². The van der Waals surface area contributed by atoms with Gasteiger partial charge in [0.15, 0.2) is 0 Å². The first-order valence-electron chi connectivity index (χ1n) is 6.05. The first-order chi connectivity index (χ1) is 8.53. The predicted molar refractivity (Wildman–Crippen MR) is 74.3 cm³/mol. The first-order valence-corrected chi connectivity index (χ1v) is 8.13. The maximum atomic E-state index is 11.7. The normalized spacial score (nSPS) is 13.4. The summed E-state index contributed by atoms with van der Waals surface area (Å²) in [4.78, 5) is 4.09. The van der Waals surface area contributed by atoms with Crippen molar-refractivity contribution in [2.45, 2.75) is 31.6 Å². The van der Waals surface area contributed by atoms with E-state index in [2.05, 4.69) is 9.71 Å². The first kappa shape index (κ1) is 15.4. The summed E-state index contributed by atoms with van der Waals surface area (Å²) in [7, 11) is -3.27. The van der Waals surface area contributed by atoms with Gasteiger partial charge in [0, 0.05) is 30.2 Å². The molecule has 0 radical (unpaired) electrons. The van der Waals surface area contributed by atoms with E-state index in [1.54, 1.807) is 12.3 Å². The summed E-state index contributed by atoms with van der Waals surface area (Å²) in [6.07, 6.45) is 3.83. The van der Waals surface area contributed by atoms with Gasteiger partial charge in [0.05, 0.1) is 5.75 Å². The number of nitrogens with zero attached hydrogens (tertiary/aromatic N) is 1. The zero-order chi connectivity index (χ0) is 13.4. The van der Waals surface area contributed by atoms with Crippen molar-refractivity contribution in [3.8, 4) is 0 Å². The Bertz CT molecular complexity index is 437. The SMILES string of the molecule is CCCC(Cl)CNS(=O)(=O)CCc1ccccn1. The summed E-state index contributed by atoms with van der Waals surface area (Å²) >= 11 is 5.96. The Balaban J connectivity index is 2.36. The van der Waals surface area contributed by atoms with E-state index in [-0.39, 0.29) is 11.1 Å². The van der Waals surface area contributed by atoms with Crippen molar-refractivity contribution in [1.82, 2.24) is 9.71 Å². The van der Waals surface area contributed by atoms with Gasteiger partial charge in [-0.3, -0.25) is 4.98 Å². The van der Waals surface area contributed by atoms with Crippen LogP contribution in [0.2, 0.25) is 0 Å². The molecule has 0 spiro atoms. The number of hydrogen-bond donors (Lipinski definition) is 1. The number of aromatic nitrogens is 1. The third kappa shape index (κ3) is 6.33. The van der Waals surface area contributed by atoms with Gasteiger partial charge in [0.2, 0.25) is 10.0 Å². The van der Waals surface area contributed by atoms with Crippen molar-refractivity contribution in [2.75, 3.05) is 12.3 Å². The lowest BCUT2D eigenvalue weighted by Gasteiger charge is -2.10. The molecule has 1 atom stereocenters. The van der Waals surface area contributed by atoms with Gasteiger partial charge in [-0.25, -0.2) is 13.1 Å². The van der Waals surface area contributed by atoms with Gasteiger partial charge in [-0.15, -0.1) is 11.6 Å². The number of pyridine rings is 1. The van der Waals surface area contributed by atoms with Crippen LogP contribution in [-0.4, -0.2) is 31.1 Å². The van der Waals surface area contributed by atoms with Crippen LogP contribution in [0.3, 0.4) is 0 Å². The summed E-state index contributed by atoms with van der Waals surface area (Å²) in [6.45, 7) is 2.31. The molecule has 0 aliphatic rings. The van der Waals surface area contributed by atoms with Crippen LogP contribution in [-0.2, 0) is 16.4 Å². The molecular formula is C12H19ClN2O2S. The lowest BCUT2D eigenvalue weighted by atomic mass is 10.2. The second kappa shape index (κ2) is 7.71. The van der Waals surface area contributed by atoms with Crippen LogP contribution in [0.25, 0.3) is 0 Å². The molecule has 0 saturated carbocycles. The van der Waals surface area contributed by atoms with E-state index >= 15 is 0 Å². The molecule has 0 aromatic carbocycles. The van der Waals surface area contributed by atoms with E-state index < -0.39 is 10.0 Å². The molecule has 4 nitrogen and oxygen atoms in total. The van der Waals surface area contributed by atoms with Crippen molar-refractivity contribution < 1.29 is 8.42 Å². The molecule has 0 bridgehead atoms. The van der Waals surface area contributed by atoms with Crippen LogP contribution >= 0.6 is 11.6 Å². The molecule has 1 aromatic rings. The summed E-state index contributed by atoms with van der Waals surface area (Å²) in [5.41, 5.74) is 0.777. The Hall–Kier alpha value is -0.650. The molecule has 18 heavy (non-hydrogen) atoms. The Morgan fingerprint density at radius 2 is 2.22 bits per heavy atom. The standard InChI is InChI=1S/C12H19ClN2O2S/c1-2-5-11(13)10-15-18(16,17)9-7-12-6-3-4-8-14-12/h3-4,6,8,11,15H,2,5,7,9-10H2,1H3. The maximum absolute atomic E-state index is 11.7. The zero-order valence-corrected chi connectivity index (χ0v) is 12.0. The Morgan fingerprint density at radius 1 is 1.44 bits per heavy atom. The Kier molecular flexibility index (Phi) is 6.60. The Labute approximate surface area is 114 Å². The minimum Gasteiger partial charge on any atom is -0.261 e. The van der Waals surface area contributed by atoms with Gasteiger partial charge in [0.1, 0.15) is 0 Å². The highest BCUT2D eigenvalue weighted by molar-refractivity contribution is 7.89. The largest absolute Gasteiger partial charge is 0.261 e. The molecule has 1 aromatic heterocycles. The summed E-state index contributed by atoms with van der Waals surface area (Å²) in [6, 6.07) is 5.47. The summed E-state index contributed by atoms with van der Waals surface area (Å²) in [5.74, 6) is 0.0414. The van der Waals surface area contributed by atoms with Gasteiger partial charge in [-0.1, -0.05) is 19.4 Å². The third-order valence-corrected chi connectivity index (χ3v) is 4.20. The fourth-order valence-corrected chi connectivity index (χ4v) is 2.95. The molecule has 102 valence electrons. The Morgan fingerprint density at radius 3 is 2.83 bits per heavy atom. The zero-order valence-electron chi connectivity index (χ0n) is 10.5. The monoisotopic (exact) mass is 290 g/mol. The van der Waals surface area contributed by atoms with E-state index in [4.69, 9.17) is 11.6 Å². The van der Waals surface area contributed by atoms with Gasteiger partial charge in [0.25, 0.3) is 0 Å². The van der Waals surface area contributed by atoms with Gasteiger partial charge >= 0.3 is 0 Å². The van der Waals surface area contributed by atoms with Crippen molar-refractivity contribution in [3.05, 3.63) is 30.1 Å². The highest BCUT2D eigenvalue weighted by Crippen LogP contribution is 2.04. The maximum Gasteiger partial charge on any atom is 0.212 e. The van der Waals surface area contributed by atoms with E-state index in [1.807, 2.05) is 19.1 Å². The molecule has 1 rings (SSSR count). The fraction of sp³-hybridized carbons (Fsp3) is 0.583. The number of halogens is 1. The quantitative estimate of drug-likeness (QED) is 0.745. The molecule has 1 N–H and O–H groups in total. The molecule has 0 aliphatic carbocycles. The highest BCUT2D eigenvalue weighted by atomic mass is 35.5. The molecule has 1 heterocycles. The minimum atomic E-state index is -3.27.